The Morgan fingerprint density at radius 1 is 1.00 bits per heavy atom. The molecule has 161 valence electrons. The molecule has 1 aromatic carbocycles. The first-order valence-corrected chi connectivity index (χ1v) is 9.28. The number of aromatic hydroxyl groups is 1. The van der Waals surface area contributed by atoms with Gasteiger partial charge in [0.25, 0.3) is 0 Å². The number of phenolic OH excluding ortho intramolecular Hbond substituents is 1. The van der Waals surface area contributed by atoms with Crippen LogP contribution in [0.25, 0.3) is 6.08 Å². The number of allylic oxidation sites excluding steroid dienone is 4. The van der Waals surface area contributed by atoms with Crippen LogP contribution < -0.4 is 41.9 Å². The predicted octanol–water partition coefficient (Wildman–Crippen LogP) is -3.10. The molecule has 1 aromatic rings. The average Bonchev–Trinajstić information content (AvgIpc) is 2.48. The minimum absolute atomic E-state index is 0. The third-order valence-electron chi connectivity index (χ3n) is 4.80. The van der Waals surface area contributed by atoms with Gasteiger partial charge >= 0.3 is 21.7 Å². The molecule has 2 N–H and O–H groups in total. The number of hydrogen-bond donors (Lipinski definition) is 3. The molecule has 7 heteroatoms. The number of hydrogen-bond acceptors (Lipinski definition) is 3. The van der Waals surface area contributed by atoms with E-state index in [0.717, 1.165) is 22.4 Å². The van der Waals surface area contributed by atoms with Crippen molar-refractivity contribution in [3.8, 4) is 5.75 Å². The minimum atomic E-state index is -0.121. The van der Waals surface area contributed by atoms with Crippen LogP contribution >= 0.6 is 12.8 Å². The number of thiol groups is 1. The summed E-state index contributed by atoms with van der Waals surface area (Å²) in [4.78, 5) is 0. The normalized spacial score (nSPS) is 17.2. The summed E-state index contributed by atoms with van der Waals surface area (Å²) in [5.74, 6) is 0.585. The topological polar surface area (TPSA) is 32.3 Å². The molecular weight excluding hydrogens is 481 g/mol. The molecular formula is C22H31Cl3NOSTi. The second-order valence-electron chi connectivity index (χ2n) is 8.92. The van der Waals surface area contributed by atoms with E-state index in [4.69, 9.17) is 0 Å². The second kappa shape index (κ2) is 12.7. The SMILES string of the molecule is CC1C(=Cc2cc(C(C)(C)C)cc(C(C)(C)C)c2O)C=CC=C1NS.[Cl-].[Cl-].[Cl-].[Ti+3]. The summed E-state index contributed by atoms with van der Waals surface area (Å²) < 4.78 is 2.96. The van der Waals surface area contributed by atoms with Gasteiger partial charge in [-0.25, -0.2) is 0 Å². The molecule has 0 saturated heterocycles. The molecule has 29 heavy (non-hydrogen) atoms. The largest absolute Gasteiger partial charge is 3.00 e. The Morgan fingerprint density at radius 2 is 1.55 bits per heavy atom. The summed E-state index contributed by atoms with van der Waals surface area (Å²) >= 11 is 4.19. The molecule has 1 radical (unpaired) electrons. The van der Waals surface area contributed by atoms with Crippen LogP contribution in [-0.4, -0.2) is 5.11 Å². The van der Waals surface area contributed by atoms with E-state index in [2.05, 4.69) is 90.3 Å². The van der Waals surface area contributed by atoms with Crippen LogP contribution in [0.15, 0.2) is 41.6 Å². The summed E-state index contributed by atoms with van der Waals surface area (Å²) in [6, 6.07) is 4.27. The van der Waals surface area contributed by atoms with E-state index in [-0.39, 0.29) is 75.7 Å². The first-order chi connectivity index (χ1) is 11.4. The van der Waals surface area contributed by atoms with Gasteiger partial charge in [0.05, 0.1) is 0 Å². The molecule has 1 unspecified atom stereocenters. The molecule has 0 aliphatic heterocycles. The fourth-order valence-corrected chi connectivity index (χ4v) is 3.26. The predicted molar refractivity (Wildman–Crippen MR) is 112 cm³/mol. The number of phenols is 1. The van der Waals surface area contributed by atoms with Gasteiger partial charge in [-0.2, -0.15) is 0 Å². The summed E-state index contributed by atoms with van der Waals surface area (Å²) in [6.45, 7) is 15.2. The summed E-state index contributed by atoms with van der Waals surface area (Å²) in [7, 11) is 0. The van der Waals surface area contributed by atoms with E-state index in [0.29, 0.717) is 5.75 Å². The van der Waals surface area contributed by atoms with Crippen LogP contribution in [0.4, 0.5) is 0 Å². The van der Waals surface area contributed by atoms with E-state index in [1.54, 1.807) is 0 Å². The molecule has 0 aromatic heterocycles. The Hall–Kier alpha value is -0.0257. The Labute approximate surface area is 215 Å². The zero-order chi connectivity index (χ0) is 19.0. The van der Waals surface area contributed by atoms with Gasteiger partial charge in [-0.1, -0.05) is 79.5 Å². The number of halogens is 3. The molecule has 1 aliphatic carbocycles. The molecule has 0 heterocycles. The molecule has 0 fully saturated rings. The van der Waals surface area contributed by atoms with Crippen molar-refractivity contribution in [1.29, 1.82) is 0 Å². The van der Waals surface area contributed by atoms with Crippen LogP contribution in [0, 0.1) is 5.92 Å². The summed E-state index contributed by atoms with van der Waals surface area (Å²) in [5.41, 5.74) is 5.21. The molecule has 0 bridgehead atoms. The Bertz CT molecular complexity index is 763. The van der Waals surface area contributed by atoms with E-state index < -0.39 is 0 Å². The maximum absolute atomic E-state index is 10.9. The van der Waals surface area contributed by atoms with Crippen LogP contribution in [0.3, 0.4) is 0 Å². The first kappa shape index (κ1) is 33.6. The van der Waals surface area contributed by atoms with Crippen molar-refractivity contribution in [2.75, 3.05) is 0 Å². The quantitative estimate of drug-likeness (QED) is 0.291. The van der Waals surface area contributed by atoms with Gasteiger partial charge < -0.3 is 47.0 Å². The minimum Gasteiger partial charge on any atom is -1.00 e. The van der Waals surface area contributed by atoms with Gasteiger partial charge in [0.2, 0.25) is 0 Å². The molecule has 0 saturated carbocycles. The van der Waals surface area contributed by atoms with E-state index in [9.17, 15) is 5.11 Å². The van der Waals surface area contributed by atoms with E-state index >= 15 is 0 Å². The van der Waals surface area contributed by atoms with Gasteiger partial charge in [0.1, 0.15) is 5.75 Å². The fraction of sp³-hybridized carbons (Fsp3) is 0.455. The van der Waals surface area contributed by atoms with Crippen LogP contribution in [0.1, 0.15) is 65.2 Å². The maximum Gasteiger partial charge on any atom is 3.00 e. The zero-order valence-corrected chi connectivity index (χ0v) is 22.8. The standard InChI is InChI=1S/C22H31NOS.3ClH.Ti/c1-14-15(9-8-10-19(14)23-25)11-16-12-17(21(2,3)4)13-18(20(16)24)22(5,6)7;;;;/h8-14,23-25H,1-7H3;3*1H;/q;;;;+3/p-3. The van der Waals surface area contributed by atoms with Gasteiger partial charge in [-0.15, -0.1) is 0 Å². The third kappa shape index (κ3) is 8.20. The first-order valence-electron chi connectivity index (χ1n) is 8.83. The van der Waals surface area contributed by atoms with Crippen molar-refractivity contribution in [3.63, 3.8) is 0 Å². The molecule has 1 atom stereocenters. The van der Waals surface area contributed by atoms with Crippen molar-refractivity contribution in [2.24, 2.45) is 5.92 Å². The van der Waals surface area contributed by atoms with Crippen molar-refractivity contribution in [3.05, 3.63) is 58.3 Å². The fourth-order valence-electron chi connectivity index (χ4n) is 2.99. The van der Waals surface area contributed by atoms with Gasteiger partial charge in [-0.3, -0.25) is 0 Å². The monoisotopic (exact) mass is 510 g/mol. The van der Waals surface area contributed by atoms with Gasteiger partial charge in [-0.05, 0) is 40.2 Å². The van der Waals surface area contributed by atoms with Gasteiger partial charge in [0.15, 0.2) is 0 Å². The van der Waals surface area contributed by atoms with Crippen molar-refractivity contribution >= 4 is 18.9 Å². The van der Waals surface area contributed by atoms with Crippen molar-refractivity contribution in [1.82, 2.24) is 4.72 Å². The molecule has 1 aliphatic rings. The second-order valence-corrected chi connectivity index (χ2v) is 9.14. The van der Waals surface area contributed by atoms with Crippen LogP contribution in [-0.2, 0) is 32.5 Å². The number of benzene rings is 1. The third-order valence-corrected chi connectivity index (χ3v) is 5.05. The molecule has 0 spiro atoms. The summed E-state index contributed by atoms with van der Waals surface area (Å²) in [5, 5.41) is 10.9. The Kier molecular flexibility index (Phi) is 14.8. The molecule has 0 amide bonds. The Balaban J connectivity index is -0.00000169. The van der Waals surface area contributed by atoms with Crippen LogP contribution in [0.2, 0.25) is 0 Å². The van der Waals surface area contributed by atoms with E-state index in [1.165, 1.54) is 5.56 Å². The summed E-state index contributed by atoms with van der Waals surface area (Å²) in [6.07, 6.45) is 8.24. The maximum atomic E-state index is 10.9. The van der Waals surface area contributed by atoms with Gasteiger partial charge in [0, 0.05) is 22.7 Å². The Morgan fingerprint density at radius 3 is 2.00 bits per heavy atom. The van der Waals surface area contributed by atoms with Crippen LogP contribution in [0.5, 0.6) is 5.75 Å². The smallest absolute Gasteiger partial charge is 1.00 e. The number of rotatable bonds is 2. The van der Waals surface area contributed by atoms with Crippen molar-refractivity contribution in [2.45, 2.75) is 59.3 Å². The zero-order valence-electron chi connectivity index (χ0n) is 18.1. The molecule has 2 rings (SSSR count). The average molecular weight is 512 g/mol. The van der Waals surface area contributed by atoms with E-state index in [1.807, 2.05) is 12.2 Å². The van der Waals surface area contributed by atoms with Crippen molar-refractivity contribution < 1.29 is 64.0 Å². The number of nitrogens with one attached hydrogen (secondary N) is 1. The molecule has 2 nitrogen and oxygen atoms in total.